The zero-order chi connectivity index (χ0) is 14.0. The Morgan fingerprint density at radius 1 is 1.11 bits per heavy atom. The summed E-state index contributed by atoms with van der Waals surface area (Å²) in [6.07, 6.45) is -2.90. The number of aromatic nitrogens is 1. The van der Waals surface area contributed by atoms with E-state index in [0.29, 0.717) is 5.56 Å². The lowest BCUT2D eigenvalue weighted by atomic mass is 9.96. The average Bonchev–Trinajstić information content (AvgIpc) is 2.38. The van der Waals surface area contributed by atoms with E-state index >= 15 is 0 Å². The monoisotopic (exact) mass is 266 g/mol. The number of aryl methyl sites for hydroxylation is 1. The van der Waals surface area contributed by atoms with Crippen molar-refractivity contribution in [3.8, 4) is 0 Å². The Labute approximate surface area is 109 Å². The van der Waals surface area contributed by atoms with Crippen molar-refractivity contribution in [2.24, 2.45) is 5.73 Å². The molecule has 2 N–H and O–H groups in total. The second-order valence-electron chi connectivity index (χ2n) is 4.30. The lowest BCUT2D eigenvalue weighted by Crippen LogP contribution is -2.18. The molecule has 5 heteroatoms. The first-order chi connectivity index (χ1) is 8.89. The molecule has 2 rings (SSSR count). The highest BCUT2D eigenvalue weighted by molar-refractivity contribution is 5.38. The third-order valence-corrected chi connectivity index (χ3v) is 2.89. The van der Waals surface area contributed by atoms with Gasteiger partial charge >= 0.3 is 6.18 Å². The molecule has 0 aliphatic carbocycles. The summed E-state index contributed by atoms with van der Waals surface area (Å²) in [5.41, 5.74) is 6.62. The van der Waals surface area contributed by atoms with Crippen molar-refractivity contribution in [2.75, 3.05) is 0 Å². The summed E-state index contributed by atoms with van der Waals surface area (Å²) in [7, 11) is 0. The zero-order valence-corrected chi connectivity index (χ0v) is 10.3. The van der Waals surface area contributed by atoms with Crippen molar-refractivity contribution >= 4 is 0 Å². The van der Waals surface area contributed by atoms with E-state index in [1.165, 1.54) is 18.3 Å². The Hall–Kier alpha value is -1.88. The second-order valence-corrected chi connectivity index (χ2v) is 4.30. The molecule has 0 saturated carbocycles. The van der Waals surface area contributed by atoms with Crippen LogP contribution in [0.1, 0.15) is 28.4 Å². The second kappa shape index (κ2) is 5.01. The predicted octanol–water partition coefficient (Wildman–Crippen LogP) is 3.46. The standard InChI is InChI=1S/C14H13F3N2/c1-9-6-7-10(8-19-9)13(18)11-4-2-3-5-12(11)14(15,16)17/h2-8,13H,18H2,1H3. The molecule has 1 unspecified atom stereocenters. The normalized spacial score (nSPS) is 13.3. The van der Waals surface area contributed by atoms with Gasteiger partial charge in [-0.2, -0.15) is 13.2 Å². The number of halogens is 3. The molecule has 0 aliphatic heterocycles. The largest absolute Gasteiger partial charge is 0.416 e. The summed E-state index contributed by atoms with van der Waals surface area (Å²) in [4.78, 5) is 4.06. The minimum Gasteiger partial charge on any atom is -0.320 e. The predicted molar refractivity (Wildman–Crippen MR) is 66.4 cm³/mol. The number of hydrogen-bond donors (Lipinski definition) is 1. The molecule has 1 aromatic heterocycles. The lowest BCUT2D eigenvalue weighted by molar-refractivity contribution is -0.138. The van der Waals surface area contributed by atoms with Crippen molar-refractivity contribution in [1.29, 1.82) is 0 Å². The van der Waals surface area contributed by atoms with E-state index in [-0.39, 0.29) is 5.56 Å². The minimum absolute atomic E-state index is 0.0562. The summed E-state index contributed by atoms with van der Waals surface area (Å²) in [5.74, 6) is 0. The molecule has 0 spiro atoms. The molecule has 1 heterocycles. The van der Waals surface area contributed by atoms with Crippen LogP contribution < -0.4 is 5.73 Å². The molecule has 0 fully saturated rings. The third-order valence-electron chi connectivity index (χ3n) is 2.89. The van der Waals surface area contributed by atoms with Gasteiger partial charge in [0.1, 0.15) is 0 Å². The average molecular weight is 266 g/mol. The van der Waals surface area contributed by atoms with Crippen LogP contribution in [0, 0.1) is 6.92 Å². The Kier molecular flexibility index (Phi) is 3.57. The van der Waals surface area contributed by atoms with E-state index in [9.17, 15) is 13.2 Å². The van der Waals surface area contributed by atoms with E-state index in [2.05, 4.69) is 4.98 Å². The SMILES string of the molecule is Cc1ccc(C(N)c2ccccc2C(F)(F)F)cn1. The fourth-order valence-electron chi connectivity index (χ4n) is 1.87. The highest BCUT2D eigenvalue weighted by Crippen LogP contribution is 2.35. The maximum atomic E-state index is 12.9. The Morgan fingerprint density at radius 2 is 1.79 bits per heavy atom. The van der Waals surface area contributed by atoms with Gasteiger partial charge in [0.05, 0.1) is 11.6 Å². The van der Waals surface area contributed by atoms with Crippen LogP contribution in [0.5, 0.6) is 0 Å². The summed E-state index contributed by atoms with van der Waals surface area (Å²) < 4.78 is 38.8. The van der Waals surface area contributed by atoms with E-state index in [1.54, 1.807) is 25.1 Å². The van der Waals surface area contributed by atoms with Crippen molar-refractivity contribution in [2.45, 2.75) is 19.1 Å². The first-order valence-electron chi connectivity index (χ1n) is 5.74. The first-order valence-corrected chi connectivity index (χ1v) is 5.74. The highest BCUT2D eigenvalue weighted by atomic mass is 19.4. The number of rotatable bonds is 2. The van der Waals surface area contributed by atoms with E-state index in [4.69, 9.17) is 5.73 Å². The minimum atomic E-state index is -4.41. The van der Waals surface area contributed by atoms with Crippen LogP contribution in [0.4, 0.5) is 13.2 Å². The molecule has 0 aliphatic rings. The van der Waals surface area contributed by atoms with Crippen LogP contribution in [-0.4, -0.2) is 4.98 Å². The number of nitrogens with zero attached hydrogens (tertiary/aromatic N) is 1. The molecule has 2 nitrogen and oxygen atoms in total. The van der Waals surface area contributed by atoms with Gasteiger partial charge in [-0.05, 0) is 30.2 Å². The maximum Gasteiger partial charge on any atom is 0.416 e. The van der Waals surface area contributed by atoms with E-state index < -0.39 is 17.8 Å². The number of nitrogens with two attached hydrogens (primary N) is 1. The van der Waals surface area contributed by atoms with Gasteiger partial charge in [-0.1, -0.05) is 24.3 Å². The molecule has 1 aromatic carbocycles. The van der Waals surface area contributed by atoms with Crippen molar-refractivity contribution < 1.29 is 13.2 Å². The van der Waals surface area contributed by atoms with Crippen LogP contribution in [-0.2, 0) is 6.18 Å². The van der Waals surface area contributed by atoms with Gasteiger partial charge in [-0.15, -0.1) is 0 Å². The van der Waals surface area contributed by atoms with Gasteiger partial charge in [0.25, 0.3) is 0 Å². The lowest BCUT2D eigenvalue weighted by Gasteiger charge is -2.18. The fourth-order valence-corrected chi connectivity index (χ4v) is 1.87. The smallest absolute Gasteiger partial charge is 0.320 e. The molecule has 2 aromatic rings. The molecular formula is C14H13F3N2. The van der Waals surface area contributed by atoms with E-state index in [0.717, 1.165) is 11.8 Å². The van der Waals surface area contributed by atoms with Crippen LogP contribution in [0.3, 0.4) is 0 Å². The molecule has 19 heavy (non-hydrogen) atoms. The molecule has 0 radical (unpaired) electrons. The van der Waals surface area contributed by atoms with Gasteiger partial charge < -0.3 is 5.73 Å². The molecule has 1 atom stereocenters. The van der Waals surface area contributed by atoms with Crippen LogP contribution in [0.15, 0.2) is 42.6 Å². The Bertz CT molecular complexity index is 562. The van der Waals surface area contributed by atoms with Gasteiger partial charge in [-0.25, -0.2) is 0 Å². The van der Waals surface area contributed by atoms with Gasteiger partial charge in [-0.3, -0.25) is 4.98 Å². The number of benzene rings is 1. The fraction of sp³-hybridized carbons (Fsp3) is 0.214. The van der Waals surface area contributed by atoms with Crippen molar-refractivity contribution in [3.05, 3.63) is 65.0 Å². The van der Waals surface area contributed by atoms with Gasteiger partial charge in [0.2, 0.25) is 0 Å². The van der Waals surface area contributed by atoms with Crippen molar-refractivity contribution in [3.63, 3.8) is 0 Å². The summed E-state index contributed by atoms with van der Waals surface area (Å²) in [5, 5.41) is 0. The molecule has 100 valence electrons. The quantitative estimate of drug-likeness (QED) is 0.904. The van der Waals surface area contributed by atoms with Crippen LogP contribution in [0.2, 0.25) is 0 Å². The maximum absolute atomic E-state index is 12.9. The number of hydrogen-bond acceptors (Lipinski definition) is 2. The number of alkyl halides is 3. The van der Waals surface area contributed by atoms with Crippen LogP contribution >= 0.6 is 0 Å². The highest BCUT2D eigenvalue weighted by Gasteiger charge is 2.34. The van der Waals surface area contributed by atoms with Gasteiger partial charge in [0, 0.05) is 11.9 Å². The molecule has 0 bridgehead atoms. The molecular weight excluding hydrogens is 253 g/mol. The third kappa shape index (κ3) is 2.93. The summed E-state index contributed by atoms with van der Waals surface area (Å²) >= 11 is 0. The van der Waals surface area contributed by atoms with Crippen LogP contribution in [0.25, 0.3) is 0 Å². The zero-order valence-electron chi connectivity index (χ0n) is 10.3. The van der Waals surface area contributed by atoms with E-state index in [1.807, 2.05) is 0 Å². The first kappa shape index (κ1) is 13.5. The van der Waals surface area contributed by atoms with Gasteiger partial charge in [0.15, 0.2) is 0 Å². The topological polar surface area (TPSA) is 38.9 Å². The molecule has 0 amide bonds. The Balaban J connectivity index is 2.44. The Morgan fingerprint density at radius 3 is 2.37 bits per heavy atom. The number of pyridine rings is 1. The molecule has 0 saturated heterocycles. The summed E-state index contributed by atoms with van der Waals surface area (Å²) in [6, 6.07) is 7.92. The van der Waals surface area contributed by atoms with Crippen molar-refractivity contribution in [1.82, 2.24) is 4.98 Å². The summed E-state index contributed by atoms with van der Waals surface area (Å²) in [6.45, 7) is 1.80.